The second-order valence-corrected chi connectivity index (χ2v) is 6.17. The summed E-state index contributed by atoms with van der Waals surface area (Å²) in [6.45, 7) is 2.61. The molecule has 0 aromatic heterocycles. The predicted molar refractivity (Wildman–Crippen MR) is 98.0 cm³/mol. The Hall–Kier alpha value is -2.07. The van der Waals surface area contributed by atoms with Crippen LogP contribution in [0.2, 0.25) is 0 Å². The normalized spacial score (nSPS) is 14.5. The fraction of sp³-hybridized carbons (Fsp3) is 0.316. The van der Waals surface area contributed by atoms with E-state index in [0.717, 1.165) is 35.3 Å². The van der Waals surface area contributed by atoms with Crippen molar-refractivity contribution in [2.45, 2.75) is 26.2 Å². The molecule has 0 saturated heterocycles. The maximum atomic E-state index is 13.3. The number of nitrogen functional groups attached to an aromatic ring is 1. The molecule has 0 saturated carbocycles. The van der Waals surface area contributed by atoms with E-state index >= 15 is 0 Å². The number of carbonyl (C=O) groups is 1. The number of nitrogens with zero attached hydrogens (tertiary/aromatic N) is 1. The van der Waals surface area contributed by atoms with Crippen LogP contribution in [-0.2, 0) is 17.6 Å². The van der Waals surface area contributed by atoms with Gasteiger partial charge in [-0.2, -0.15) is 0 Å². The molecule has 0 bridgehead atoms. The first-order valence-corrected chi connectivity index (χ1v) is 7.99. The Bertz CT molecular complexity index is 735. The lowest BCUT2D eigenvalue weighted by atomic mass is 9.95. The SMILES string of the molecule is CC(Cc1cccc(F)c1)C(=O)N1CCCc2c(N)cccc21.Cl. The summed E-state index contributed by atoms with van der Waals surface area (Å²) in [4.78, 5) is 14.7. The molecule has 0 fully saturated rings. The molecular weight excluding hydrogens is 327 g/mol. The first kappa shape index (κ1) is 18.3. The third kappa shape index (κ3) is 3.70. The predicted octanol–water partition coefficient (Wildman–Crippen LogP) is 3.99. The Labute approximate surface area is 148 Å². The van der Waals surface area contributed by atoms with Gasteiger partial charge >= 0.3 is 0 Å². The van der Waals surface area contributed by atoms with Gasteiger partial charge in [0, 0.05) is 23.8 Å². The Morgan fingerprint density at radius 3 is 2.79 bits per heavy atom. The standard InChI is InChI=1S/C19H21FN2O.ClH/c1-13(11-14-5-2-6-15(20)12-14)19(23)22-10-4-7-16-17(21)8-3-9-18(16)22;/h2-3,5-6,8-9,12-13H,4,7,10-11,21H2,1H3;1H. The summed E-state index contributed by atoms with van der Waals surface area (Å²) in [5, 5.41) is 0. The van der Waals surface area contributed by atoms with Crippen molar-refractivity contribution in [3.8, 4) is 0 Å². The summed E-state index contributed by atoms with van der Waals surface area (Å²) < 4.78 is 13.3. The van der Waals surface area contributed by atoms with E-state index in [1.54, 1.807) is 6.07 Å². The summed E-state index contributed by atoms with van der Waals surface area (Å²) >= 11 is 0. The maximum absolute atomic E-state index is 13.3. The van der Waals surface area contributed by atoms with E-state index in [2.05, 4.69) is 0 Å². The number of halogens is 2. The summed E-state index contributed by atoms with van der Waals surface area (Å²) in [6, 6.07) is 12.2. The van der Waals surface area contributed by atoms with Crippen LogP contribution in [0, 0.1) is 11.7 Å². The van der Waals surface area contributed by atoms with Crippen molar-refractivity contribution in [3.05, 3.63) is 59.4 Å². The van der Waals surface area contributed by atoms with E-state index in [1.165, 1.54) is 12.1 Å². The van der Waals surface area contributed by atoms with Crippen molar-refractivity contribution in [2.75, 3.05) is 17.2 Å². The van der Waals surface area contributed by atoms with E-state index in [9.17, 15) is 9.18 Å². The van der Waals surface area contributed by atoms with Gasteiger partial charge in [0.2, 0.25) is 5.91 Å². The molecule has 24 heavy (non-hydrogen) atoms. The summed E-state index contributed by atoms with van der Waals surface area (Å²) in [5.41, 5.74) is 9.62. The van der Waals surface area contributed by atoms with E-state index in [-0.39, 0.29) is 30.0 Å². The largest absolute Gasteiger partial charge is 0.398 e. The molecule has 5 heteroatoms. The molecule has 0 radical (unpaired) electrons. The van der Waals surface area contributed by atoms with Crippen LogP contribution in [0.15, 0.2) is 42.5 Å². The Balaban J connectivity index is 0.00000208. The van der Waals surface area contributed by atoms with Crippen molar-refractivity contribution < 1.29 is 9.18 Å². The minimum absolute atomic E-state index is 0. The zero-order chi connectivity index (χ0) is 16.4. The molecule has 0 spiro atoms. The van der Waals surface area contributed by atoms with E-state index < -0.39 is 0 Å². The molecule has 3 nitrogen and oxygen atoms in total. The molecule has 2 aromatic carbocycles. The number of hydrogen-bond acceptors (Lipinski definition) is 2. The summed E-state index contributed by atoms with van der Waals surface area (Å²) in [7, 11) is 0. The zero-order valence-corrected chi connectivity index (χ0v) is 14.5. The van der Waals surface area contributed by atoms with Crippen LogP contribution in [0.4, 0.5) is 15.8 Å². The number of nitrogens with two attached hydrogens (primary N) is 1. The number of fused-ring (bicyclic) bond motifs is 1. The lowest BCUT2D eigenvalue weighted by molar-refractivity contribution is -0.122. The van der Waals surface area contributed by atoms with Crippen molar-refractivity contribution in [3.63, 3.8) is 0 Å². The molecule has 1 aliphatic rings. The van der Waals surface area contributed by atoms with Gasteiger partial charge in [0.15, 0.2) is 0 Å². The first-order valence-electron chi connectivity index (χ1n) is 7.99. The molecule has 2 N–H and O–H groups in total. The number of carbonyl (C=O) groups excluding carboxylic acids is 1. The highest BCUT2D eigenvalue weighted by molar-refractivity contribution is 5.96. The van der Waals surface area contributed by atoms with E-state index in [1.807, 2.05) is 36.1 Å². The molecule has 3 rings (SSSR count). The monoisotopic (exact) mass is 348 g/mol. The van der Waals surface area contributed by atoms with Gasteiger partial charge in [-0.25, -0.2) is 4.39 Å². The van der Waals surface area contributed by atoms with Gasteiger partial charge in [-0.1, -0.05) is 25.1 Å². The van der Waals surface area contributed by atoms with Crippen molar-refractivity contribution in [2.24, 2.45) is 5.92 Å². The fourth-order valence-electron chi connectivity index (χ4n) is 3.25. The Morgan fingerprint density at radius 2 is 2.04 bits per heavy atom. The van der Waals surface area contributed by atoms with Crippen LogP contribution in [0.5, 0.6) is 0 Å². The highest BCUT2D eigenvalue weighted by atomic mass is 35.5. The van der Waals surface area contributed by atoms with Crippen molar-refractivity contribution in [1.82, 2.24) is 0 Å². The maximum Gasteiger partial charge on any atom is 0.230 e. The molecule has 0 aliphatic carbocycles. The minimum Gasteiger partial charge on any atom is -0.398 e. The average Bonchev–Trinajstić information content (AvgIpc) is 2.54. The number of anilines is 2. The zero-order valence-electron chi connectivity index (χ0n) is 13.7. The second-order valence-electron chi connectivity index (χ2n) is 6.17. The van der Waals surface area contributed by atoms with Crippen LogP contribution >= 0.6 is 12.4 Å². The van der Waals surface area contributed by atoms with Crippen LogP contribution in [0.3, 0.4) is 0 Å². The molecule has 1 unspecified atom stereocenters. The molecular formula is C19H22ClFN2O. The number of rotatable bonds is 3. The quantitative estimate of drug-likeness (QED) is 0.852. The minimum atomic E-state index is -0.266. The van der Waals surface area contributed by atoms with E-state index in [0.29, 0.717) is 13.0 Å². The third-order valence-electron chi connectivity index (χ3n) is 4.41. The van der Waals surface area contributed by atoms with Crippen molar-refractivity contribution in [1.29, 1.82) is 0 Å². The number of benzene rings is 2. The fourth-order valence-corrected chi connectivity index (χ4v) is 3.25. The number of hydrogen-bond donors (Lipinski definition) is 1. The van der Waals surface area contributed by atoms with Gasteiger partial charge in [0.05, 0.1) is 0 Å². The summed E-state index contributed by atoms with van der Waals surface area (Å²) in [6.07, 6.45) is 2.36. The molecule has 1 heterocycles. The van der Waals surface area contributed by atoms with Gasteiger partial charge in [-0.05, 0) is 54.7 Å². The van der Waals surface area contributed by atoms with Gasteiger partial charge in [0.1, 0.15) is 5.82 Å². The highest BCUT2D eigenvalue weighted by Gasteiger charge is 2.27. The van der Waals surface area contributed by atoms with Gasteiger partial charge in [-0.15, -0.1) is 12.4 Å². The van der Waals surface area contributed by atoms with Gasteiger partial charge in [-0.3, -0.25) is 4.79 Å². The van der Waals surface area contributed by atoms with Crippen LogP contribution in [0.1, 0.15) is 24.5 Å². The average molecular weight is 349 g/mol. The molecule has 1 aliphatic heterocycles. The van der Waals surface area contributed by atoms with Gasteiger partial charge < -0.3 is 10.6 Å². The van der Waals surface area contributed by atoms with Crippen LogP contribution < -0.4 is 10.6 Å². The lowest BCUT2D eigenvalue weighted by Gasteiger charge is -2.32. The lowest BCUT2D eigenvalue weighted by Crippen LogP contribution is -2.39. The first-order chi connectivity index (χ1) is 11.1. The topological polar surface area (TPSA) is 46.3 Å². The molecule has 1 atom stereocenters. The Morgan fingerprint density at radius 1 is 1.29 bits per heavy atom. The van der Waals surface area contributed by atoms with Crippen LogP contribution in [0.25, 0.3) is 0 Å². The van der Waals surface area contributed by atoms with Crippen LogP contribution in [-0.4, -0.2) is 12.5 Å². The van der Waals surface area contributed by atoms with Crippen molar-refractivity contribution >= 4 is 29.7 Å². The molecule has 128 valence electrons. The third-order valence-corrected chi connectivity index (χ3v) is 4.41. The van der Waals surface area contributed by atoms with E-state index in [4.69, 9.17) is 5.73 Å². The second kappa shape index (κ2) is 7.67. The number of amides is 1. The highest BCUT2D eigenvalue weighted by Crippen LogP contribution is 2.32. The smallest absolute Gasteiger partial charge is 0.230 e. The molecule has 1 amide bonds. The Kier molecular flexibility index (Phi) is 5.84. The molecule has 2 aromatic rings. The summed E-state index contributed by atoms with van der Waals surface area (Å²) in [5.74, 6) is -0.400. The van der Waals surface area contributed by atoms with Gasteiger partial charge in [0.25, 0.3) is 0 Å².